The molecule has 5 heteroatoms. The fourth-order valence-corrected chi connectivity index (χ4v) is 2.58. The summed E-state index contributed by atoms with van der Waals surface area (Å²) in [5.41, 5.74) is 3.55. The first-order chi connectivity index (χ1) is 9.11. The molecule has 0 aliphatic rings. The molecule has 19 heavy (non-hydrogen) atoms. The van der Waals surface area contributed by atoms with E-state index in [4.69, 9.17) is 5.11 Å². The maximum atomic E-state index is 9.39. The highest BCUT2D eigenvalue weighted by Crippen LogP contribution is 2.22. The summed E-state index contributed by atoms with van der Waals surface area (Å²) in [5, 5.41) is 19.0. The molecule has 1 aromatic carbocycles. The monoisotopic (exact) mass is 278 g/mol. The molecule has 2 aromatic rings. The number of hydrogen-bond acceptors (Lipinski definition) is 4. The minimum Gasteiger partial charge on any atom is -0.394 e. The molecule has 1 aromatic heterocycles. The molecular weight excluding hydrogens is 260 g/mol. The highest BCUT2D eigenvalue weighted by molar-refractivity contribution is 7.99. The van der Waals surface area contributed by atoms with E-state index in [9.17, 15) is 5.11 Å². The quantitative estimate of drug-likeness (QED) is 0.821. The van der Waals surface area contributed by atoms with E-state index in [0.717, 1.165) is 10.8 Å². The molecule has 0 aliphatic heterocycles. The predicted molar refractivity (Wildman–Crippen MR) is 76.9 cm³/mol. The van der Waals surface area contributed by atoms with Crippen molar-refractivity contribution in [2.45, 2.75) is 25.1 Å². The van der Waals surface area contributed by atoms with E-state index in [0.29, 0.717) is 5.75 Å². The SMILES string of the molecule is Cc1ccc(-n2ccnc2SCC(O)CO)cc1C. The van der Waals surface area contributed by atoms with E-state index in [1.165, 1.54) is 22.9 Å². The van der Waals surface area contributed by atoms with Gasteiger partial charge in [-0.2, -0.15) is 0 Å². The first kappa shape index (κ1) is 14.1. The number of imidazole rings is 1. The lowest BCUT2D eigenvalue weighted by molar-refractivity contribution is 0.113. The van der Waals surface area contributed by atoms with Gasteiger partial charge in [-0.3, -0.25) is 4.57 Å². The molecule has 0 spiro atoms. The molecule has 2 rings (SSSR count). The summed E-state index contributed by atoms with van der Waals surface area (Å²) in [4.78, 5) is 4.28. The van der Waals surface area contributed by atoms with Gasteiger partial charge in [0.15, 0.2) is 5.16 Å². The van der Waals surface area contributed by atoms with Crippen LogP contribution < -0.4 is 0 Å². The summed E-state index contributed by atoms with van der Waals surface area (Å²) in [5.74, 6) is 0.429. The summed E-state index contributed by atoms with van der Waals surface area (Å²) in [7, 11) is 0. The number of aliphatic hydroxyl groups excluding tert-OH is 2. The average molecular weight is 278 g/mol. The van der Waals surface area contributed by atoms with Crippen LogP contribution in [-0.4, -0.2) is 38.2 Å². The molecule has 0 fully saturated rings. The standard InChI is InChI=1S/C14H18N2O2S/c1-10-3-4-12(7-11(10)2)16-6-5-15-14(16)19-9-13(18)8-17/h3-7,13,17-18H,8-9H2,1-2H3. The van der Waals surface area contributed by atoms with Crippen molar-refractivity contribution in [3.8, 4) is 5.69 Å². The maximum Gasteiger partial charge on any atom is 0.172 e. The molecule has 102 valence electrons. The van der Waals surface area contributed by atoms with Crippen LogP contribution in [0.4, 0.5) is 0 Å². The van der Waals surface area contributed by atoms with Gasteiger partial charge in [0.2, 0.25) is 0 Å². The number of thioether (sulfide) groups is 1. The molecular formula is C14H18N2O2S. The van der Waals surface area contributed by atoms with E-state index in [1.54, 1.807) is 6.20 Å². The zero-order valence-electron chi connectivity index (χ0n) is 11.1. The maximum absolute atomic E-state index is 9.39. The van der Waals surface area contributed by atoms with Crippen molar-refractivity contribution < 1.29 is 10.2 Å². The largest absolute Gasteiger partial charge is 0.394 e. The Morgan fingerprint density at radius 1 is 1.32 bits per heavy atom. The lowest BCUT2D eigenvalue weighted by Gasteiger charge is -2.11. The third-order valence-electron chi connectivity index (χ3n) is 2.99. The molecule has 0 amide bonds. The van der Waals surface area contributed by atoms with Gasteiger partial charge < -0.3 is 10.2 Å². The van der Waals surface area contributed by atoms with Crippen LogP contribution in [0.25, 0.3) is 5.69 Å². The fraction of sp³-hybridized carbons (Fsp3) is 0.357. The second kappa shape index (κ2) is 6.23. The number of aromatic nitrogens is 2. The number of benzene rings is 1. The average Bonchev–Trinajstić information content (AvgIpc) is 2.87. The summed E-state index contributed by atoms with van der Waals surface area (Å²) in [6.07, 6.45) is 2.93. The molecule has 1 heterocycles. The van der Waals surface area contributed by atoms with Gasteiger partial charge in [-0.25, -0.2) is 4.98 Å². The second-order valence-electron chi connectivity index (χ2n) is 4.50. The van der Waals surface area contributed by atoms with Gasteiger partial charge in [0.1, 0.15) is 0 Å². The van der Waals surface area contributed by atoms with Crippen LogP contribution in [0.2, 0.25) is 0 Å². The lowest BCUT2D eigenvalue weighted by Crippen LogP contribution is -2.15. The molecule has 0 saturated heterocycles. The Bertz CT molecular complexity index is 554. The van der Waals surface area contributed by atoms with Crippen molar-refractivity contribution in [2.75, 3.05) is 12.4 Å². The second-order valence-corrected chi connectivity index (χ2v) is 5.48. The van der Waals surface area contributed by atoms with Crippen LogP contribution >= 0.6 is 11.8 Å². The van der Waals surface area contributed by atoms with Gasteiger partial charge in [-0.15, -0.1) is 0 Å². The number of nitrogens with zero attached hydrogens (tertiary/aromatic N) is 2. The first-order valence-corrected chi connectivity index (χ1v) is 7.13. The van der Waals surface area contributed by atoms with Crippen LogP contribution in [0.1, 0.15) is 11.1 Å². The van der Waals surface area contributed by atoms with Crippen molar-refractivity contribution in [3.05, 3.63) is 41.7 Å². The summed E-state index contributed by atoms with van der Waals surface area (Å²) in [6.45, 7) is 3.94. The summed E-state index contributed by atoms with van der Waals surface area (Å²) < 4.78 is 1.99. The normalized spacial score (nSPS) is 12.6. The van der Waals surface area contributed by atoms with Crippen LogP contribution in [0, 0.1) is 13.8 Å². The van der Waals surface area contributed by atoms with E-state index < -0.39 is 6.10 Å². The third-order valence-corrected chi connectivity index (χ3v) is 4.10. The Labute approximate surface area is 117 Å². The Balaban J connectivity index is 2.21. The van der Waals surface area contributed by atoms with Crippen molar-refractivity contribution in [1.82, 2.24) is 9.55 Å². The van der Waals surface area contributed by atoms with Gasteiger partial charge in [-0.1, -0.05) is 17.8 Å². The van der Waals surface area contributed by atoms with Gasteiger partial charge in [0.05, 0.1) is 12.7 Å². The van der Waals surface area contributed by atoms with Crippen molar-refractivity contribution in [3.63, 3.8) is 0 Å². The Hall–Kier alpha value is -1.30. The van der Waals surface area contributed by atoms with Gasteiger partial charge >= 0.3 is 0 Å². The van der Waals surface area contributed by atoms with Crippen molar-refractivity contribution >= 4 is 11.8 Å². The molecule has 1 unspecified atom stereocenters. The Kier molecular flexibility index (Phi) is 4.63. The number of aryl methyl sites for hydroxylation is 2. The smallest absolute Gasteiger partial charge is 0.172 e. The minimum absolute atomic E-state index is 0.225. The lowest BCUT2D eigenvalue weighted by atomic mass is 10.1. The number of hydrogen-bond donors (Lipinski definition) is 2. The van der Waals surface area contributed by atoms with Gasteiger partial charge in [-0.05, 0) is 37.1 Å². The van der Waals surface area contributed by atoms with Crippen LogP contribution in [0.3, 0.4) is 0 Å². The number of rotatable bonds is 5. The highest BCUT2D eigenvalue weighted by Gasteiger charge is 2.09. The molecule has 0 radical (unpaired) electrons. The van der Waals surface area contributed by atoms with E-state index >= 15 is 0 Å². The Morgan fingerprint density at radius 3 is 2.79 bits per heavy atom. The zero-order valence-corrected chi connectivity index (χ0v) is 11.9. The predicted octanol–water partition coefficient (Wildman–Crippen LogP) is 1.93. The van der Waals surface area contributed by atoms with Crippen LogP contribution in [-0.2, 0) is 0 Å². The zero-order chi connectivity index (χ0) is 13.8. The molecule has 2 N–H and O–H groups in total. The first-order valence-electron chi connectivity index (χ1n) is 6.14. The molecule has 0 saturated carbocycles. The topological polar surface area (TPSA) is 58.3 Å². The molecule has 4 nitrogen and oxygen atoms in total. The van der Waals surface area contributed by atoms with Crippen molar-refractivity contribution in [2.24, 2.45) is 0 Å². The van der Waals surface area contributed by atoms with E-state index in [1.807, 2.05) is 10.8 Å². The van der Waals surface area contributed by atoms with Crippen molar-refractivity contribution in [1.29, 1.82) is 0 Å². The Morgan fingerprint density at radius 2 is 2.11 bits per heavy atom. The fourth-order valence-electron chi connectivity index (χ4n) is 1.69. The van der Waals surface area contributed by atoms with Crippen LogP contribution in [0.5, 0.6) is 0 Å². The molecule has 0 bridgehead atoms. The summed E-state index contributed by atoms with van der Waals surface area (Å²) in [6, 6.07) is 6.25. The van der Waals surface area contributed by atoms with E-state index in [-0.39, 0.29) is 6.61 Å². The minimum atomic E-state index is -0.713. The molecule has 1 atom stereocenters. The van der Waals surface area contributed by atoms with Crippen LogP contribution in [0.15, 0.2) is 35.7 Å². The third kappa shape index (κ3) is 3.37. The highest BCUT2D eigenvalue weighted by atomic mass is 32.2. The van der Waals surface area contributed by atoms with E-state index in [2.05, 4.69) is 37.0 Å². The summed E-state index contributed by atoms with van der Waals surface area (Å²) >= 11 is 1.43. The molecule has 0 aliphatic carbocycles. The van der Waals surface area contributed by atoms with Gasteiger partial charge in [0.25, 0.3) is 0 Å². The number of aliphatic hydroxyl groups is 2. The van der Waals surface area contributed by atoms with Gasteiger partial charge in [0, 0.05) is 23.8 Å².